The summed E-state index contributed by atoms with van der Waals surface area (Å²) in [6.45, 7) is 6.02. The maximum Gasteiger partial charge on any atom is 0.148 e. The Labute approximate surface area is 156 Å². The Hall–Kier alpha value is -0.482. The Morgan fingerprint density at radius 3 is 2.60 bits per heavy atom. The molecule has 0 bridgehead atoms. The molecule has 7 heteroatoms. The van der Waals surface area contributed by atoms with Crippen molar-refractivity contribution in [1.82, 2.24) is 0 Å². The Morgan fingerprint density at radius 2 is 2.10 bits per heavy atom. The van der Waals surface area contributed by atoms with Gasteiger partial charge < -0.3 is 25.3 Å². The third-order valence-electron chi connectivity index (χ3n) is 2.37. The summed E-state index contributed by atoms with van der Waals surface area (Å²) in [5.74, 6) is 0.838. The van der Waals surface area contributed by atoms with Gasteiger partial charge in [0.2, 0.25) is 0 Å². The normalized spacial score (nSPS) is 8.55. The predicted octanol–water partition coefficient (Wildman–Crippen LogP) is 2.37. The van der Waals surface area contributed by atoms with Crippen LogP contribution in [-0.4, -0.2) is 18.2 Å². The van der Waals surface area contributed by atoms with Crippen molar-refractivity contribution in [2.24, 2.45) is 0 Å². The zero-order chi connectivity index (χ0) is 13.5. The molecule has 0 atom stereocenters. The second-order valence-electron chi connectivity index (χ2n) is 3.89. The van der Waals surface area contributed by atoms with E-state index >= 15 is 0 Å². The van der Waals surface area contributed by atoms with E-state index in [-0.39, 0.29) is 63.7 Å². The minimum atomic E-state index is 0. The van der Waals surface area contributed by atoms with Crippen LogP contribution in [0.2, 0.25) is 0 Å². The first-order chi connectivity index (χ1) is 8.54. The van der Waals surface area contributed by atoms with Crippen molar-refractivity contribution in [3.63, 3.8) is 0 Å². The van der Waals surface area contributed by atoms with Gasteiger partial charge in [-0.05, 0) is 32.0 Å². The molecule has 0 aliphatic carbocycles. The Balaban J connectivity index is 0. The van der Waals surface area contributed by atoms with E-state index in [4.69, 9.17) is 4.74 Å². The largest absolute Gasteiger partial charge is 0.533 e. The van der Waals surface area contributed by atoms with Crippen LogP contribution in [0.25, 0.3) is 0 Å². The molecule has 0 heterocycles. The number of phenols is 1. The van der Waals surface area contributed by atoms with Crippen molar-refractivity contribution in [3.05, 3.63) is 29.5 Å². The summed E-state index contributed by atoms with van der Waals surface area (Å²) >= 11 is 0. The number of ether oxygens (including phenoxy) is 1. The number of phenolic OH excluding ortho intramolecular Hbond substituents is 1. The van der Waals surface area contributed by atoms with Gasteiger partial charge >= 0.3 is 0 Å². The van der Waals surface area contributed by atoms with Crippen LogP contribution >= 0.6 is 0 Å². The molecule has 0 saturated heterocycles. The molecule has 1 aromatic rings. The van der Waals surface area contributed by atoms with Gasteiger partial charge in [-0.1, -0.05) is 0 Å². The number of anilines is 2. The van der Waals surface area contributed by atoms with Gasteiger partial charge in [-0.2, -0.15) is 12.1 Å². The Kier molecular flexibility index (Phi) is 12.2. The summed E-state index contributed by atoms with van der Waals surface area (Å²) in [4.78, 5) is 10.1. The van der Waals surface area contributed by atoms with Crippen LogP contribution in [-0.2, 0) is 60.8 Å². The van der Waals surface area contributed by atoms with E-state index in [0.29, 0.717) is 11.4 Å². The maximum absolute atomic E-state index is 10.1. The van der Waals surface area contributed by atoms with Crippen LogP contribution < -0.4 is 10.6 Å². The summed E-state index contributed by atoms with van der Waals surface area (Å²) in [6.07, 6.45) is 1.51. The molecule has 0 aliphatic heterocycles. The van der Waals surface area contributed by atoms with Crippen LogP contribution in [0.15, 0.2) is 23.5 Å². The number of aromatic hydroxyl groups is 1. The van der Waals surface area contributed by atoms with Crippen LogP contribution in [0.5, 0.6) is 5.75 Å². The van der Waals surface area contributed by atoms with Gasteiger partial charge in [0.1, 0.15) is 6.73 Å². The summed E-state index contributed by atoms with van der Waals surface area (Å²) in [5, 5.41) is 14.9. The molecule has 3 N–H and O–H groups in total. The van der Waals surface area contributed by atoms with E-state index in [1.54, 1.807) is 0 Å². The van der Waals surface area contributed by atoms with Gasteiger partial charge in [0.25, 0.3) is 0 Å². The van der Waals surface area contributed by atoms with Gasteiger partial charge in [-0.15, -0.1) is 0 Å². The van der Waals surface area contributed by atoms with E-state index in [2.05, 4.69) is 16.7 Å². The minimum Gasteiger partial charge on any atom is -0.533 e. The molecule has 20 heavy (non-hydrogen) atoms. The summed E-state index contributed by atoms with van der Waals surface area (Å²) < 4.78 is 5.41. The Morgan fingerprint density at radius 1 is 1.45 bits per heavy atom. The fourth-order valence-electron chi connectivity index (χ4n) is 1.12. The number of amides is 1. The number of benzene rings is 1. The Bertz CT molecular complexity index is 463. The first kappa shape index (κ1) is 21.8. The fourth-order valence-corrected chi connectivity index (χ4v) is 1.12. The van der Waals surface area contributed by atoms with Crippen LogP contribution in [0, 0.1) is 6.07 Å². The van der Waals surface area contributed by atoms with E-state index < -0.39 is 0 Å². The molecule has 106 valence electrons. The third kappa shape index (κ3) is 7.34. The number of hydrogen-bond donors (Lipinski definition) is 3. The molecule has 0 aromatic heterocycles. The van der Waals surface area contributed by atoms with Crippen molar-refractivity contribution in [2.45, 2.75) is 20.8 Å². The van der Waals surface area contributed by atoms with E-state index in [0.717, 1.165) is 11.3 Å². The fraction of sp³-hybridized carbons (Fsp3) is 0.308. The van der Waals surface area contributed by atoms with Gasteiger partial charge in [0, 0.05) is 57.0 Å². The average Bonchev–Trinajstić information content (AvgIpc) is 2.32. The molecular weight excluding hydrogens is 372 g/mol. The molecule has 2 radical (unpaired) electrons. The number of nitrogens with one attached hydrogen (secondary N) is 2. The van der Waals surface area contributed by atoms with Crippen molar-refractivity contribution in [3.8, 4) is 5.75 Å². The molecule has 5 nitrogen and oxygen atoms in total. The minimum absolute atomic E-state index is 0. The second kappa shape index (κ2) is 11.2. The topological polar surface area (TPSA) is 70.6 Å². The van der Waals surface area contributed by atoms with Crippen molar-refractivity contribution >= 4 is 17.8 Å². The molecule has 0 aliphatic rings. The van der Waals surface area contributed by atoms with Crippen LogP contribution in [0.3, 0.4) is 0 Å². The van der Waals surface area contributed by atoms with Gasteiger partial charge in [0.15, 0.2) is 0 Å². The number of allylic oxidation sites excluding steroid dienone is 2. The summed E-state index contributed by atoms with van der Waals surface area (Å²) in [6, 6.07) is 5.68. The number of rotatable bonds is 6. The molecule has 1 aromatic carbocycles. The molecule has 1 amide bonds. The molecule has 0 saturated carbocycles. The summed E-state index contributed by atoms with van der Waals surface area (Å²) in [5.41, 5.74) is 1.93. The van der Waals surface area contributed by atoms with Crippen LogP contribution in [0.1, 0.15) is 20.8 Å². The van der Waals surface area contributed by atoms with Crippen molar-refractivity contribution in [2.75, 3.05) is 17.4 Å². The number of carbonyl (C=O) groups excluding carboxylic acids is 1. The molecule has 1 rings (SSSR count). The van der Waals surface area contributed by atoms with Crippen LogP contribution in [0.4, 0.5) is 11.4 Å². The van der Waals surface area contributed by atoms with E-state index in [9.17, 15) is 9.90 Å². The SMILES string of the molecule is CC(C)=C(C)OCNc1c[c-]c(N[C-]=O)cc1O.[V].[Y]. The van der Waals surface area contributed by atoms with Gasteiger partial charge in [-0.3, -0.25) is 6.07 Å². The van der Waals surface area contributed by atoms with Crippen molar-refractivity contribution < 1.29 is 65.9 Å². The number of hydrogen-bond acceptors (Lipinski definition) is 4. The smallest absolute Gasteiger partial charge is 0.148 e. The zero-order valence-electron chi connectivity index (χ0n) is 11.7. The van der Waals surface area contributed by atoms with E-state index in [1.807, 2.05) is 20.8 Å². The van der Waals surface area contributed by atoms with Gasteiger partial charge in [0.05, 0.1) is 12.2 Å². The first-order valence-corrected chi connectivity index (χ1v) is 5.43. The molecule has 0 unspecified atom stereocenters. The third-order valence-corrected chi connectivity index (χ3v) is 2.37. The predicted molar refractivity (Wildman–Crippen MR) is 69.9 cm³/mol. The monoisotopic (exact) mass is 388 g/mol. The average molecular weight is 388 g/mol. The molecule has 0 spiro atoms. The van der Waals surface area contributed by atoms with Crippen molar-refractivity contribution in [1.29, 1.82) is 0 Å². The standard InChI is InChI=1S/C13H16N2O3.V.Y/c1-9(2)10(3)18-8-15-12-5-4-11(14-7-16)6-13(12)17;;/h5-6,15,17H,8H2,1-3H3,(H,14,16);;/q-2;;. The second-order valence-corrected chi connectivity index (χ2v) is 3.89. The first-order valence-electron chi connectivity index (χ1n) is 5.43. The van der Waals surface area contributed by atoms with E-state index in [1.165, 1.54) is 18.5 Å². The summed E-state index contributed by atoms with van der Waals surface area (Å²) in [7, 11) is 0. The molecular formula is C13H16N2O3VY-2. The zero-order valence-corrected chi connectivity index (χ0v) is 15.9. The maximum atomic E-state index is 10.1. The molecule has 0 fully saturated rings. The van der Waals surface area contributed by atoms with Gasteiger partial charge in [-0.25, -0.2) is 5.69 Å². The quantitative estimate of drug-likeness (QED) is 0.230.